The first-order valence-electron chi connectivity index (χ1n) is 29.0. The van der Waals surface area contributed by atoms with Crippen molar-refractivity contribution in [1.82, 2.24) is 0 Å². The number of nitrogens with zero attached hydrogens (tertiary/aromatic N) is 2. The number of anilines is 6. The molecule has 2 aliphatic carbocycles. The van der Waals surface area contributed by atoms with E-state index < -0.39 is 5.41 Å². The van der Waals surface area contributed by atoms with Gasteiger partial charge in [-0.05, 0) is 180 Å². The molecule has 2 nitrogen and oxygen atoms in total. The number of hydrogen-bond donors (Lipinski definition) is 0. The SMILES string of the molecule is C1=CC2=C(CC1)C(c1ccccc1)(c1ccccc1)c1cc(N(c3ccc(-c4ccccc4-c4ccccc4-c4ccc(N(c5ccccc5)c5ccc6ccccc6c5)cc4)cc3)c3cc4ccccc4cc3-c3ccccc3)ccc12. The standard InChI is InChI=1S/C81H58N2/c1-5-24-58(25-6-1)77-54-62-27-15-16-28-63(62)55-80(77)83(70-51-52-76-75-39-21-22-40-78(75)81(79(76)56-70,64-29-7-2-8-30-64)65-31-9-3-10-32-65)68-48-44-60(45-49-68)72-36-18-20-38-74(72)73-37-19-17-35-71(73)59-42-46-67(47-43-59)82(66-33-11-4-12-34-66)69-50-41-57-23-13-14-26-61(57)53-69/h1-21,23-39,41-56H,22,40H2. The molecular formula is C81H58N2. The van der Waals surface area contributed by atoms with Crippen LogP contribution in [0, 0.1) is 0 Å². The molecule has 0 aromatic heterocycles. The summed E-state index contributed by atoms with van der Waals surface area (Å²) in [5.41, 5.74) is 23.5. The van der Waals surface area contributed by atoms with Gasteiger partial charge in [-0.2, -0.15) is 0 Å². The fraction of sp³-hybridized carbons (Fsp3) is 0.0370. The van der Waals surface area contributed by atoms with Gasteiger partial charge in [0.05, 0.1) is 11.1 Å². The van der Waals surface area contributed by atoms with Crippen LogP contribution in [0.5, 0.6) is 0 Å². The molecule has 13 aromatic carbocycles. The molecule has 0 N–H and O–H groups in total. The molecule has 0 saturated heterocycles. The first kappa shape index (κ1) is 49.5. The summed E-state index contributed by atoms with van der Waals surface area (Å²) in [6.07, 6.45) is 6.75. The molecule has 0 fully saturated rings. The summed E-state index contributed by atoms with van der Waals surface area (Å²) in [6.45, 7) is 0. The molecule has 0 spiro atoms. The highest BCUT2D eigenvalue weighted by Crippen LogP contribution is 2.59. The number of para-hydroxylation sites is 1. The molecule has 0 atom stereocenters. The summed E-state index contributed by atoms with van der Waals surface area (Å²) in [4.78, 5) is 4.86. The minimum Gasteiger partial charge on any atom is -0.310 e. The maximum Gasteiger partial charge on any atom is 0.0677 e. The van der Waals surface area contributed by atoms with Crippen molar-refractivity contribution in [3.05, 3.63) is 355 Å². The topological polar surface area (TPSA) is 6.48 Å². The zero-order valence-corrected chi connectivity index (χ0v) is 46.0. The zero-order valence-electron chi connectivity index (χ0n) is 46.0. The molecule has 15 rings (SSSR count). The number of rotatable bonds is 12. The second-order valence-corrected chi connectivity index (χ2v) is 21.9. The van der Waals surface area contributed by atoms with E-state index in [0.29, 0.717) is 0 Å². The van der Waals surface area contributed by atoms with Crippen molar-refractivity contribution in [3.8, 4) is 44.5 Å². The second-order valence-electron chi connectivity index (χ2n) is 21.9. The summed E-state index contributed by atoms with van der Waals surface area (Å²) in [5, 5.41) is 4.84. The van der Waals surface area contributed by atoms with Crippen molar-refractivity contribution in [3.63, 3.8) is 0 Å². The van der Waals surface area contributed by atoms with E-state index in [-0.39, 0.29) is 0 Å². The summed E-state index contributed by atoms with van der Waals surface area (Å²) in [5.74, 6) is 0. The minimum absolute atomic E-state index is 0.475. The second kappa shape index (κ2) is 21.2. The molecule has 0 radical (unpaired) electrons. The van der Waals surface area contributed by atoms with Crippen LogP contribution in [0.4, 0.5) is 34.1 Å². The Morgan fingerprint density at radius 3 is 1.31 bits per heavy atom. The van der Waals surface area contributed by atoms with Gasteiger partial charge in [-0.25, -0.2) is 0 Å². The van der Waals surface area contributed by atoms with Crippen LogP contribution in [-0.2, 0) is 5.41 Å². The molecule has 392 valence electrons. The highest BCUT2D eigenvalue weighted by Gasteiger charge is 2.47. The number of allylic oxidation sites excluding steroid dienone is 4. The van der Waals surface area contributed by atoms with Gasteiger partial charge in [-0.1, -0.05) is 255 Å². The Morgan fingerprint density at radius 2 is 0.711 bits per heavy atom. The lowest BCUT2D eigenvalue weighted by molar-refractivity contribution is 0.696. The zero-order chi connectivity index (χ0) is 55.1. The lowest BCUT2D eigenvalue weighted by Gasteiger charge is -2.37. The van der Waals surface area contributed by atoms with Crippen molar-refractivity contribution >= 4 is 61.2 Å². The smallest absolute Gasteiger partial charge is 0.0677 e. The molecule has 0 bridgehead atoms. The minimum atomic E-state index is -0.475. The Kier molecular flexibility index (Phi) is 12.6. The monoisotopic (exact) mass is 1060 g/mol. The van der Waals surface area contributed by atoms with Gasteiger partial charge in [0.15, 0.2) is 0 Å². The molecule has 0 aliphatic heterocycles. The molecule has 0 unspecified atom stereocenters. The molecule has 2 heteroatoms. The van der Waals surface area contributed by atoms with Crippen LogP contribution in [0.25, 0.3) is 71.6 Å². The molecule has 2 aliphatic rings. The Balaban J connectivity index is 0.855. The van der Waals surface area contributed by atoms with Gasteiger partial charge >= 0.3 is 0 Å². The number of hydrogen-bond acceptors (Lipinski definition) is 2. The normalized spacial score (nSPS) is 13.2. The fourth-order valence-corrected chi connectivity index (χ4v) is 13.4. The molecule has 13 aromatic rings. The van der Waals surface area contributed by atoms with Crippen molar-refractivity contribution in [1.29, 1.82) is 0 Å². The molecule has 0 amide bonds. The van der Waals surface area contributed by atoms with Gasteiger partial charge in [0.1, 0.15) is 0 Å². The number of benzene rings is 13. The van der Waals surface area contributed by atoms with Crippen LogP contribution in [0.1, 0.15) is 35.1 Å². The van der Waals surface area contributed by atoms with Gasteiger partial charge < -0.3 is 9.80 Å². The summed E-state index contributed by atoms with van der Waals surface area (Å²) in [7, 11) is 0. The van der Waals surface area contributed by atoms with Crippen molar-refractivity contribution < 1.29 is 0 Å². The highest BCUT2D eigenvalue weighted by atomic mass is 15.1. The van der Waals surface area contributed by atoms with Gasteiger partial charge in [0, 0.05) is 34.0 Å². The summed E-state index contributed by atoms with van der Waals surface area (Å²) < 4.78 is 0. The average Bonchev–Trinajstić information content (AvgIpc) is 2.87. The molecule has 0 heterocycles. The van der Waals surface area contributed by atoms with Crippen LogP contribution in [-0.4, -0.2) is 0 Å². The summed E-state index contributed by atoms with van der Waals surface area (Å²) in [6, 6.07) is 116. The summed E-state index contributed by atoms with van der Waals surface area (Å²) >= 11 is 0. The largest absolute Gasteiger partial charge is 0.310 e. The Bertz CT molecular complexity index is 4540. The van der Waals surface area contributed by atoms with Crippen LogP contribution >= 0.6 is 0 Å². The van der Waals surface area contributed by atoms with E-state index in [1.165, 1.54) is 88.3 Å². The van der Waals surface area contributed by atoms with E-state index >= 15 is 0 Å². The lowest BCUT2D eigenvalue weighted by Crippen LogP contribution is -2.30. The lowest BCUT2D eigenvalue weighted by atomic mass is 9.65. The Hall–Kier alpha value is -10.5. The van der Waals surface area contributed by atoms with Gasteiger partial charge in [-0.3, -0.25) is 0 Å². The van der Waals surface area contributed by atoms with Gasteiger partial charge in [0.2, 0.25) is 0 Å². The first-order valence-corrected chi connectivity index (χ1v) is 29.0. The van der Waals surface area contributed by atoms with E-state index in [1.807, 2.05) is 0 Å². The van der Waals surface area contributed by atoms with E-state index in [0.717, 1.165) is 58.1 Å². The van der Waals surface area contributed by atoms with Crippen molar-refractivity contribution in [2.75, 3.05) is 9.80 Å². The third-order valence-electron chi connectivity index (χ3n) is 17.2. The first-order chi connectivity index (χ1) is 41.2. The third kappa shape index (κ3) is 8.75. The average molecular weight is 1060 g/mol. The maximum atomic E-state index is 2.51. The predicted octanol–water partition coefficient (Wildman–Crippen LogP) is 22.1. The van der Waals surface area contributed by atoms with Crippen LogP contribution < -0.4 is 9.80 Å². The Morgan fingerprint density at radius 1 is 0.277 bits per heavy atom. The van der Waals surface area contributed by atoms with Crippen LogP contribution in [0.3, 0.4) is 0 Å². The van der Waals surface area contributed by atoms with E-state index in [1.54, 1.807) is 0 Å². The molecule has 83 heavy (non-hydrogen) atoms. The highest BCUT2D eigenvalue weighted by molar-refractivity contribution is 6.00. The van der Waals surface area contributed by atoms with Gasteiger partial charge in [-0.15, -0.1) is 0 Å². The third-order valence-corrected chi connectivity index (χ3v) is 17.2. The predicted molar refractivity (Wildman–Crippen MR) is 351 cm³/mol. The van der Waals surface area contributed by atoms with Crippen molar-refractivity contribution in [2.45, 2.75) is 18.3 Å². The maximum absolute atomic E-state index is 2.51. The Labute approximate surface area is 486 Å². The van der Waals surface area contributed by atoms with E-state index in [4.69, 9.17) is 0 Å². The van der Waals surface area contributed by atoms with E-state index in [2.05, 4.69) is 337 Å². The van der Waals surface area contributed by atoms with Crippen LogP contribution in [0.15, 0.2) is 333 Å². The molecule has 0 saturated carbocycles. The van der Waals surface area contributed by atoms with Crippen LogP contribution in [0.2, 0.25) is 0 Å². The molecular weight excluding hydrogens is 1000 g/mol. The fourth-order valence-electron chi connectivity index (χ4n) is 13.4. The van der Waals surface area contributed by atoms with Crippen molar-refractivity contribution in [2.24, 2.45) is 0 Å². The quantitative estimate of drug-likeness (QED) is 0.120. The van der Waals surface area contributed by atoms with Gasteiger partial charge in [0.25, 0.3) is 0 Å². The number of fused-ring (bicyclic) bond motifs is 4. The van der Waals surface area contributed by atoms with E-state index in [9.17, 15) is 0 Å².